The maximum atomic E-state index is 14.1. The van der Waals surface area contributed by atoms with Crippen molar-refractivity contribution < 1.29 is 23.8 Å². The van der Waals surface area contributed by atoms with Gasteiger partial charge >= 0.3 is 0 Å². The van der Waals surface area contributed by atoms with Crippen molar-refractivity contribution in [1.29, 1.82) is 0 Å². The molecule has 3 aromatic carbocycles. The average Bonchev–Trinajstić information content (AvgIpc) is 3.54. The predicted molar refractivity (Wildman–Crippen MR) is 154 cm³/mol. The van der Waals surface area contributed by atoms with E-state index in [9.17, 15) is 19.1 Å². The van der Waals surface area contributed by atoms with Crippen molar-refractivity contribution in [2.75, 3.05) is 11.5 Å². The fourth-order valence-corrected chi connectivity index (χ4v) is 6.08. The van der Waals surface area contributed by atoms with Crippen LogP contribution in [0.5, 0.6) is 5.75 Å². The minimum Gasteiger partial charge on any atom is -0.503 e. The molecule has 1 aliphatic heterocycles. The number of amides is 1. The number of ether oxygens (including phenoxy) is 1. The summed E-state index contributed by atoms with van der Waals surface area (Å²) in [4.78, 5) is 28.1. The number of nitrogens with zero attached hydrogens (tertiary/aromatic N) is 3. The number of benzene rings is 3. The molecule has 1 aliphatic rings. The molecule has 0 spiro atoms. The minimum atomic E-state index is -0.937. The fraction of sp³-hybridized carbons (Fsp3) is 0.133. The van der Waals surface area contributed by atoms with Crippen molar-refractivity contribution >= 4 is 46.0 Å². The second kappa shape index (κ2) is 12.3. The van der Waals surface area contributed by atoms with E-state index in [0.717, 1.165) is 16.9 Å². The monoisotopic (exact) mass is 573 g/mol. The minimum absolute atomic E-state index is 0.0582. The molecule has 4 aromatic rings. The highest BCUT2D eigenvalue weighted by molar-refractivity contribution is 8.00. The topological polar surface area (TPSA) is 92.6 Å². The van der Waals surface area contributed by atoms with Crippen LogP contribution >= 0.6 is 23.1 Å². The van der Waals surface area contributed by atoms with E-state index < -0.39 is 23.5 Å². The zero-order valence-electron chi connectivity index (χ0n) is 21.4. The van der Waals surface area contributed by atoms with Crippen molar-refractivity contribution in [2.45, 2.75) is 23.1 Å². The second-order valence-corrected chi connectivity index (χ2v) is 10.9. The number of hydrogen-bond donors (Lipinski definition) is 1. The van der Waals surface area contributed by atoms with Crippen LogP contribution in [0.25, 0.3) is 6.08 Å². The molecule has 1 atom stereocenters. The first-order valence-corrected chi connectivity index (χ1v) is 14.2. The Morgan fingerprint density at radius 3 is 2.52 bits per heavy atom. The van der Waals surface area contributed by atoms with E-state index in [1.807, 2.05) is 37.3 Å². The van der Waals surface area contributed by atoms with Gasteiger partial charge in [-0.3, -0.25) is 14.5 Å². The number of halogens is 1. The molecule has 0 saturated carbocycles. The van der Waals surface area contributed by atoms with E-state index in [-0.39, 0.29) is 16.5 Å². The molecular weight excluding hydrogens is 549 g/mol. The lowest BCUT2D eigenvalue weighted by molar-refractivity contribution is -0.117. The van der Waals surface area contributed by atoms with Crippen molar-refractivity contribution in [2.24, 2.45) is 0 Å². The fourth-order valence-electron chi connectivity index (χ4n) is 4.22. The van der Waals surface area contributed by atoms with Crippen molar-refractivity contribution in [1.82, 2.24) is 10.2 Å². The SMILES string of the molecule is CCOc1ccc(C2C(C(=O)C=Cc3ccccc3)=C(O)C(=O)N2c2nnc(SCc3ccccc3F)s2)cc1. The molecular formula is C30H24FN3O4S2. The third kappa shape index (κ3) is 5.83. The molecule has 1 amide bonds. The standard InChI is InChI=1S/C30H24FN3O4S2/c1-2-38-22-15-13-20(14-16-22)26-25(24(35)17-12-19-8-4-3-5-9-19)27(36)28(37)34(26)29-32-33-30(40-29)39-18-21-10-6-7-11-23(21)31/h3-17,26,36H,2,18H2,1H3. The molecule has 5 rings (SSSR count). The number of aromatic nitrogens is 2. The van der Waals surface area contributed by atoms with E-state index in [0.29, 0.717) is 33.6 Å². The number of aliphatic hydroxyl groups is 1. The summed E-state index contributed by atoms with van der Waals surface area (Å²) < 4.78 is 20.1. The van der Waals surface area contributed by atoms with E-state index in [4.69, 9.17) is 4.74 Å². The number of hydrogen-bond acceptors (Lipinski definition) is 8. The smallest absolute Gasteiger partial charge is 0.296 e. The molecule has 1 unspecified atom stereocenters. The largest absolute Gasteiger partial charge is 0.503 e. The highest BCUT2D eigenvalue weighted by Crippen LogP contribution is 2.43. The number of allylic oxidation sites excluding steroid dienone is 1. The normalized spacial score (nSPS) is 15.3. The third-order valence-corrected chi connectivity index (χ3v) is 8.22. The number of ketones is 1. The number of carbonyl (C=O) groups is 2. The molecule has 0 saturated heterocycles. The predicted octanol–water partition coefficient (Wildman–Crippen LogP) is 6.55. The molecule has 2 heterocycles. The van der Waals surface area contributed by atoms with Crippen LogP contribution < -0.4 is 9.64 Å². The quantitative estimate of drug-likeness (QED) is 0.131. The molecule has 0 fully saturated rings. The molecule has 7 nitrogen and oxygen atoms in total. The van der Waals surface area contributed by atoms with Gasteiger partial charge in [0.1, 0.15) is 11.6 Å². The first-order valence-electron chi connectivity index (χ1n) is 12.4. The van der Waals surface area contributed by atoms with Crippen LogP contribution in [-0.2, 0) is 15.3 Å². The maximum absolute atomic E-state index is 14.1. The molecule has 0 radical (unpaired) electrons. The Labute approximate surface area is 238 Å². The zero-order valence-corrected chi connectivity index (χ0v) is 23.0. The third-order valence-electron chi connectivity index (χ3n) is 6.12. The van der Waals surface area contributed by atoms with E-state index in [1.54, 1.807) is 48.5 Å². The van der Waals surface area contributed by atoms with E-state index in [2.05, 4.69) is 10.2 Å². The van der Waals surface area contributed by atoms with Gasteiger partial charge in [0.25, 0.3) is 5.91 Å². The Kier molecular flexibility index (Phi) is 8.37. The molecule has 10 heteroatoms. The Morgan fingerprint density at radius 1 is 1.07 bits per heavy atom. The number of rotatable bonds is 10. The van der Waals surface area contributed by atoms with Gasteiger partial charge in [0.2, 0.25) is 5.13 Å². The van der Waals surface area contributed by atoms with E-state index in [1.165, 1.54) is 28.8 Å². The van der Waals surface area contributed by atoms with Crippen molar-refractivity contribution in [3.8, 4) is 5.75 Å². The van der Waals surface area contributed by atoms with E-state index >= 15 is 0 Å². The number of carbonyl (C=O) groups excluding carboxylic acids is 2. The van der Waals surface area contributed by atoms with Gasteiger partial charge < -0.3 is 9.84 Å². The Hall–Kier alpha value is -4.28. The number of aliphatic hydroxyl groups excluding tert-OH is 1. The molecule has 202 valence electrons. The van der Waals surface area contributed by atoms with Gasteiger partial charge in [0, 0.05) is 5.75 Å². The van der Waals surface area contributed by atoms with Crippen molar-refractivity contribution in [3.63, 3.8) is 0 Å². The average molecular weight is 574 g/mol. The molecule has 1 N–H and O–H groups in total. The first-order chi connectivity index (χ1) is 19.5. The van der Waals surface area contributed by atoms with Gasteiger partial charge in [-0.15, -0.1) is 10.2 Å². The maximum Gasteiger partial charge on any atom is 0.296 e. The van der Waals surface area contributed by atoms with Crippen LogP contribution in [0.3, 0.4) is 0 Å². The second-order valence-electron chi connectivity index (χ2n) is 8.68. The summed E-state index contributed by atoms with van der Waals surface area (Å²) in [5.74, 6) is -1.25. The first kappa shape index (κ1) is 27.3. The number of thioether (sulfide) groups is 1. The lowest BCUT2D eigenvalue weighted by atomic mass is 9.95. The van der Waals surface area contributed by atoms with Gasteiger partial charge in [0.05, 0.1) is 18.2 Å². The van der Waals surface area contributed by atoms with Crippen LogP contribution in [-0.4, -0.2) is 33.6 Å². The summed E-state index contributed by atoms with van der Waals surface area (Å²) in [6.07, 6.45) is 2.97. The van der Waals surface area contributed by atoms with Crippen LogP contribution in [0.15, 0.2) is 101 Å². The van der Waals surface area contributed by atoms with Crippen LogP contribution in [0.4, 0.5) is 9.52 Å². The van der Waals surface area contributed by atoms with Gasteiger partial charge in [-0.2, -0.15) is 0 Å². The summed E-state index contributed by atoms with van der Waals surface area (Å²) in [6.45, 7) is 2.36. The zero-order chi connectivity index (χ0) is 28.1. The summed E-state index contributed by atoms with van der Waals surface area (Å²) in [6, 6.07) is 21.8. The van der Waals surface area contributed by atoms with Gasteiger partial charge in [0.15, 0.2) is 15.9 Å². The highest BCUT2D eigenvalue weighted by atomic mass is 32.2. The molecule has 0 aliphatic carbocycles. The molecule has 0 bridgehead atoms. The van der Waals surface area contributed by atoms with Gasteiger partial charge in [-0.25, -0.2) is 4.39 Å². The van der Waals surface area contributed by atoms with Crippen LogP contribution in [0.2, 0.25) is 0 Å². The highest BCUT2D eigenvalue weighted by Gasteiger charge is 2.45. The summed E-state index contributed by atoms with van der Waals surface area (Å²) >= 11 is 2.41. The molecule has 40 heavy (non-hydrogen) atoms. The Morgan fingerprint density at radius 2 is 1.80 bits per heavy atom. The van der Waals surface area contributed by atoms with Gasteiger partial charge in [-0.05, 0) is 47.9 Å². The van der Waals surface area contributed by atoms with Gasteiger partial charge in [-0.1, -0.05) is 89.8 Å². The number of anilines is 1. The molecule has 1 aromatic heterocycles. The Bertz CT molecular complexity index is 1590. The lowest BCUT2D eigenvalue weighted by Crippen LogP contribution is -2.30. The lowest BCUT2D eigenvalue weighted by Gasteiger charge is -2.24. The Balaban J connectivity index is 1.47. The van der Waals surface area contributed by atoms with Crippen LogP contribution in [0, 0.1) is 5.82 Å². The summed E-state index contributed by atoms with van der Waals surface area (Å²) in [5.41, 5.74) is 1.85. The summed E-state index contributed by atoms with van der Waals surface area (Å²) in [7, 11) is 0. The van der Waals surface area contributed by atoms with Crippen molar-refractivity contribution in [3.05, 3.63) is 119 Å². The van der Waals surface area contributed by atoms with Crippen LogP contribution in [0.1, 0.15) is 29.7 Å². The summed E-state index contributed by atoms with van der Waals surface area (Å²) in [5, 5.41) is 19.5.